The highest BCUT2D eigenvalue weighted by molar-refractivity contribution is 5.67. The molecule has 0 saturated carbocycles. The summed E-state index contributed by atoms with van der Waals surface area (Å²) in [5.74, 6) is 1.09. The third-order valence-electron chi connectivity index (χ3n) is 3.07. The molecule has 3 heterocycles. The number of anilines is 1. The van der Waals surface area contributed by atoms with Crippen molar-refractivity contribution in [2.75, 3.05) is 37.7 Å². The maximum Gasteiger partial charge on any atom is 0.150 e. The molecule has 1 saturated heterocycles. The van der Waals surface area contributed by atoms with Crippen LogP contribution in [0, 0.1) is 0 Å². The Morgan fingerprint density at radius 1 is 1.25 bits per heavy atom. The lowest BCUT2D eigenvalue weighted by atomic mass is 10.2. The van der Waals surface area contributed by atoms with Gasteiger partial charge in [-0.05, 0) is 12.1 Å². The van der Waals surface area contributed by atoms with Gasteiger partial charge in [0.05, 0.1) is 6.54 Å². The Kier molecular flexibility index (Phi) is 2.60. The van der Waals surface area contributed by atoms with Gasteiger partial charge in [-0.25, -0.2) is 9.99 Å². The lowest BCUT2D eigenvalue weighted by Crippen LogP contribution is -2.53. The number of fused-ring (bicyclic) bond motifs is 1. The minimum Gasteiger partial charge on any atom is -0.314 e. The highest BCUT2D eigenvalue weighted by atomic mass is 15.6. The van der Waals surface area contributed by atoms with Crippen molar-refractivity contribution in [3.63, 3.8) is 0 Å². The van der Waals surface area contributed by atoms with Crippen molar-refractivity contribution in [1.29, 1.82) is 0 Å². The first-order valence-electron chi connectivity index (χ1n) is 5.80. The van der Waals surface area contributed by atoms with E-state index in [2.05, 4.69) is 38.5 Å². The Hall–Kier alpha value is -1.39. The fourth-order valence-electron chi connectivity index (χ4n) is 2.27. The van der Waals surface area contributed by atoms with Crippen LogP contribution in [0.15, 0.2) is 24.4 Å². The molecule has 4 heteroatoms. The topological polar surface area (TPSA) is 31.4 Å². The maximum absolute atomic E-state index is 4.49. The van der Waals surface area contributed by atoms with E-state index >= 15 is 0 Å². The number of nitrogens with one attached hydrogen (secondary N) is 1. The molecule has 0 aliphatic carbocycles. The van der Waals surface area contributed by atoms with E-state index in [1.807, 2.05) is 12.3 Å². The molecule has 84 valence electrons. The predicted octanol–water partition coefficient (Wildman–Crippen LogP) is 0.735. The molecule has 2 aliphatic rings. The molecule has 0 aromatic carbocycles. The van der Waals surface area contributed by atoms with E-state index in [0.29, 0.717) is 0 Å². The molecule has 16 heavy (non-hydrogen) atoms. The number of aromatic nitrogens is 1. The van der Waals surface area contributed by atoms with Crippen LogP contribution in [0.2, 0.25) is 0 Å². The zero-order chi connectivity index (χ0) is 10.8. The SMILES string of the molecule is C1=Cc2cccnc2N(N2CCNCC2)C1. The second-order valence-corrected chi connectivity index (χ2v) is 4.10. The van der Waals surface area contributed by atoms with Crippen LogP contribution in [0.3, 0.4) is 0 Å². The van der Waals surface area contributed by atoms with E-state index in [4.69, 9.17) is 0 Å². The highest BCUT2D eigenvalue weighted by Gasteiger charge is 2.21. The number of rotatable bonds is 1. The van der Waals surface area contributed by atoms with Gasteiger partial charge in [0.15, 0.2) is 0 Å². The summed E-state index contributed by atoms with van der Waals surface area (Å²) in [4.78, 5) is 4.49. The number of nitrogens with zero attached hydrogens (tertiary/aromatic N) is 3. The first-order chi connectivity index (χ1) is 7.95. The Balaban J connectivity index is 1.88. The van der Waals surface area contributed by atoms with Crippen molar-refractivity contribution in [3.05, 3.63) is 30.0 Å². The van der Waals surface area contributed by atoms with Crippen molar-refractivity contribution in [1.82, 2.24) is 15.3 Å². The molecular weight excluding hydrogens is 200 g/mol. The van der Waals surface area contributed by atoms with Crippen LogP contribution in [0.1, 0.15) is 5.56 Å². The number of piperazine rings is 1. The molecule has 0 amide bonds. The van der Waals surface area contributed by atoms with Crippen LogP contribution >= 0.6 is 0 Å². The average molecular weight is 216 g/mol. The molecule has 2 aliphatic heterocycles. The van der Waals surface area contributed by atoms with E-state index in [9.17, 15) is 0 Å². The number of hydrogen-bond donors (Lipinski definition) is 1. The normalized spacial score (nSPS) is 20.9. The number of hydrazine groups is 1. The number of hydrogen-bond acceptors (Lipinski definition) is 4. The zero-order valence-corrected chi connectivity index (χ0v) is 9.26. The summed E-state index contributed by atoms with van der Waals surface area (Å²) in [5.41, 5.74) is 1.22. The molecule has 0 spiro atoms. The van der Waals surface area contributed by atoms with Crippen LogP contribution in [-0.4, -0.2) is 42.7 Å². The van der Waals surface area contributed by atoms with E-state index < -0.39 is 0 Å². The molecule has 0 unspecified atom stereocenters. The lowest BCUT2D eigenvalue weighted by Gasteiger charge is -2.39. The monoisotopic (exact) mass is 216 g/mol. The molecule has 0 atom stereocenters. The first kappa shape index (κ1) is 9.81. The Morgan fingerprint density at radius 2 is 2.12 bits per heavy atom. The van der Waals surface area contributed by atoms with E-state index in [1.165, 1.54) is 5.56 Å². The molecule has 4 nitrogen and oxygen atoms in total. The van der Waals surface area contributed by atoms with Crippen molar-refractivity contribution in [2.24, 2.45) is 0 Å². The summed E-state index contributed by atoms with van der Waals surface area (Å²) in [6, 6.07) is 4.11. The van der Waals surface area contributed by atoms with E-state index in [1.54, 1.807) is 0 Å². The highest BCUT2D eigenvalue weighted by Crippen LogP contribution is 2.24. The number of pyridine rings is 1. The molecule has 3 rings (SSSR count). The van der Waals surface area contributed by atoms with Crippen LogP contribution < -0.4 is 10.3 Å². The third kappa shape index (κ3) is 1.70. The summed E-state index contributed by atoms with van der Waals surface area (Å²) in [7, 11) is 0. The van der Waals surface area contributed by atoms with Crippen LogP contribution in [0.5, 0.6) is 0 Å². The smallest absolute Gasteiger partial charge is 0.150 e. The van der Waals surface area contributed by atoms with Crippen LogP contribution in [0.4, 0.5) is 5.82 Å². The van der Waals surface area contributed by atoms with Crippen molar-refractivity contribution in [2.45, 2.75) is 0 Å². The largest absolute Gasteiger partial charge is 0.314 e. The van der Waals surface area contributed by atoms with Gasteiger partial charge < -0.3 is 5.32 Å². The molecular formula is C12H16N4. The fraction of sp³-hybridized carbons (Fsp3) is 0.417. The minimum absolute atomic E-state index is 0.935. The average Bonchev–Trinajstić information content (AvgIpc) is 2.39. The van der Waals surface area contributed by atoms with Crippen molar-refractivity contribution >= 4 is 11.9 Å². The Labute approximate surface area is 95.5 Å². The molecule has 0 bridgehead atoms. The van der Waals surface area contributed by atoms with Gasteiger partial charge in [-0.2, -0.15) is 0 Å². The third-order valence-corrected chi connectivity index (χ3v) is 3.07. The van der Waals surface area contributed by atoms with Gasteiger partial charge in [0.25, 0.3) is 0 Å². The first-order valence-corrected chi connectivity index (χ1v) is 5.80. The Morgan fingerprint density at radius 3 is 3.00 bits per heavy atom. The van der Waals surface area contributed by atoms with E-state index in [-0.39, 0.29) is 0 Å². The summed E-state index contributed by atoms with van der Waals surface area (Å²) in [6.45, 7) is 5.17. The van der Waals surface area contributed by atoms with Crippen LogP contribution in [-0.2, 0) is 0 Å². The summed E-state index contributed by atoms with van der Waals surface area (Å²) in [5, 5.41) is 8.04. The molecule has 0 radical (unpaired) electrons. The van der Waals surface area contributed by atoms with Gasteiger partial charge in [0, 0.05) is 37.9 Å². The fourth-order valence-corrected chi connectivity index (χ4v) is 2.27. The minimum atomic E-state index is 0.935. The van der Waals surface area contributed by atoms with Gasteiger partial charge in [-0.3, -0.25) is 5.01 Å². The Bertz CT molecular complexity index is 396. The molecule has 1 aromatic heterocycles. The van der Waals surface area contributed by atoms with Gasteiger partial charge in [0.1, 0.15) is 5.82 Å². The quantitative estimate of drug-likeness (QED) is 0.750. The van der Waals surface area contributed by atoms with Gasteiger partial charge in [-0.15, -0.1) is 0 Å². The maximum atomic E-state index is 4.49. The van der Waals surface area contributed by atoms with E-state index in [0.717, 1.165) is 38.5 Å². The zero-order valence-electron chi connectivity index (χ0n) is 9.26. The molecule has 1 fully saturated rings. The van der Waals surface area contributed by atoms with Crippen molar-refractivity contribution < 1.29 is 0 Å². The summed E-state index contributed by atoms with van der Waals surface area (Å²) < 4.78 is 0. The standard InChI is InChI=1S/C12H16N4/c1-3-11-4-2-8-16(12(11)14-5-1)15-9-6-13-7-10-15/h1-5,13H,6-10H2. The van der Waals surface area contributed by atoms with Gasteiger partial charge in [-0.1, -0.05) is 12.2 Å². The molecule has 1 N–H and O–H groups in total. The second kappa shape index (κ2) is 4.23. The van der Waals surface area contributed by atoms with Gasteiger partial charge in [0.2, 0.25) is 0 Å². The lowest BCUT2D eigenvalue weighted by molar-refractivity contribution is 0.223. The summed E-state index contributed by atoms with van der Waals surface area (Å²) in [6.07, 6.45) is 6.22. The van der Waals surface area contributed by atoms with Crippen molar-refractivity contribution in [3.8, 4) is 0 Å². The van der Waals surface area contributed by atoms with Gasteiger partial charge >= 0.3 is 0 Å². The molecule has 1 aromatic rings. The summed E-state index contributed by atoms with van der Waals surface area (Å²) >= 11 is 0. The van der Waals surface area contributed by atoms with Crippen LogP contribution in [0.25, 0.3) is 6.08 Å². The second-order valence-electron chi connectivity index (χ2n) is 4.10. The predicted molar refractivity (Wildman–Crippen MR) is 65.1 cm³/mol.